The lowest BCUT2D eigenvalue weighted by molar-refractivity contribution is 0.211. The number of carbonyl (C=O) groups excluding carboxylic acids is 1. The van der Waals surface area contributed by atoms with E-state index in [9.17, 15) is 4.79 Å². The molecular formula is C21H25N5O. The molecule has 2 fully saturated rings. The highest BCUT2D eigenvalue weighted by atomic mass is 16.2. The second-order valence-corrected chi connectivity index (χ2v) is 8.11. The number of urea groups is 1. The summed E-state index contributed by atoms with van der Waals surface area (Å²) in [6.45, 7) is 7.82. The second kappa shape index (κ2) is 6.22. The van der Waals surface area contributed by atoms with Gasteiger partial charge in [-0.05, 0) is 49.9 Å². The van der Waals surface area contributed by atoms with E-state index >= 15 is 0 Å². The number of aromatic nitrogens is 2. The van der Waals surface area contributed by atoms with Gasteiger partial charge in [0.15, 0.2) is 5.82 Å². The molecule has 3 aliphatic heterocycles. The molecule has 2 saturated heterocycles. The Morgan fingerprint density at radius 1 is 1.15 bits per heavy atom. The van der Waals surface area contributed by atoms with E-state index in [0.29, 0.717) is 5.92 Å². The molecule has 0 aromatic carbocycles. The van der Waals surface area contributed by atoms with Crippen LogP contribution in [0.1, 0.15) is 25.5 Å². The van der Waals surface area contributed by atoms with Gasteiger partial charge in [-0.2, -0.15) is 0 Å². The maximum Gasteiger partial charge on any atom is 0.326 e. The molecule has 2 atom stereocenters. The van der Waals surface area contributed by atoms with Gasteiger partial charge >= 0.3 is 6.03 Å². The molecule has 5 heterocycles. The van der Waals surface area contributed by atoms with Crippen LogP contribution in [0.4, 0.5) is 16.3 Å². The van der Waals surface area contributed by atoms with E-state index < -0.39 is 0 Å². The first-order chi connectivity index (χ1) is 13.1. The van der Waals surface area contributed by atoms with Crippen molar-refractivity contribution in [3.05, 3.63) is 36.2 Å². The number of fused-ring (bicyclic) bond motifs is 4. The van der Waals surface area contributed by atoms with E-state index in [1.807, 2.05) is 35.1 Å². The van der Waals surface area contributed by atoms with E-state index in [1.165, 1.54) is 0 Å². The van der Waals surface area contributed by atoms with Crippen LogP contribution in [-0.2, 0) is 0 Å². The van der Waals surface area contributed by atoms with E-state index in [-0.39, 0.29) is 12.1 Å². The highest BCUT2D eigenvalue weighted by molar-refractivity contribution is 5.97. The van der Waals surface area contributed by atoms with E-state index in [4.69, 9.17) is 4.98 Å². The SMILES string of the molecule is Cc1cc(-c2ccc3c(n2)N(C(=O)N2CC[C@@H](C)C2)[C@H]2CCN3C2)ccn1. The summed E-state index contributed by atoms with van der Waals surface area (Å²) in [5.74, 6) is 1.40. The van der Waals surface area contributed by atoms with Gasteiger partial charge < -0.3 is 9.80 Å². The van der Waals surface area contributed by atoms with Crippen molar-refractivity contribution in [3.8, 4) is 11.3 Å². The van der Waals surface area contributed by atoms with Crippen molar-refractivity contribution in [2.24, 2.45) is 5.92 Å². The Kier molecular flexibility index (Phi) is 3.81. The van der Waals surface area contributed by atoms with Gasteiger partial charge in [0.1, 0.15) is 0 Å². The Bertz CT molecular complexity index is 898. The van der Waals surface area contributed by atoms with Crippen LogP contribution in [0.2, 0.25) is 0 Å². The summed E-state index contributed by atoms with van der Waals surface area (Å²) in [5.41, 5.74) is 3.99. The van der Waals surface area contributed by atoms with Crippen molar-refractivity contribution < 1.29 is 4.79 Å². The van der Waals surface area contributed by atoms with Crippen LogP contribution in [0.3, 0.4) is 0 Å². The van der Waals surface area contributed by atoms with Crippen LogP contribution in [0.25, 0.3) is 11.3 Å². The van der Waals surface area contributed by atoms with Crippen molar-refractivity contribution in [2.45, 2.75) is 32.7 Å². The zero-order valence-corrected chi connectivity index (χ0v) is 15.9. The number of nitrogens with zero attached hydrogens (tertiary/aromatic N) is 5. The Labute approximate surface area is 159 Å². The number of hydrogen-bond acceptors (Lipinski definition) is 4. The predicted molar refractivity (Wildman–Crippen MR) is 106 cm³/mol. The van der Waals surface area contributed by atoms with Crippen LogP contribution in [0.15, 0.2) is 30.5 Å². The van der Waals surface area contributed by atoms with Gasteiger partial charge in [-0.3, -0.25) is 9.88 Å². The minimum absolute atomic E-state index is 0.128. The molecule has 0 radical (unpaired) electrons. The average Bonchev–Trinajstić information content (AvgIpc) is 3.29. The van der Waals surface area contributed by atoms with Gasteiger partial charge in [-0.25, -0.2) is 9.78 Å². The molecule has 140 valence electrons. The Morgan fingerprint density at radius 3 is 2.81 bits per heavy atom. The number of aryl methyl sites for hydroxylation is 1. The van der Waals surface area contributed by atoms with Crippen molar-refractivity contribution in [1.82, 2.24) is 14.9 Å². The summed E-state index contributed by atoms with van der Waals surface area (Å²) in [5, 5.41) is 0. The molecule has 2 amide bonds. The molecule has 6 heteroatoms. The van der Waals surface area contributed by atoms with Crippen molar-refractivity contribution in [2.75, 3.05) is 36.0 Å². The third-order valence-corrected chi connectivity index (χ3v) is 6.04. The summed E-state index contributed by atoms with van der Waals surface area (Å²) in [6, 6.07) is 8.56. The topological polar surface area (TPSA) is 52.6 Å². The highest BCUT2D eigenvalue weighted by Gasteiger charge is 2.42. The first-order valence-corrected chi connectivity index (χ1v) is 9.87. The maximum atomic E-state index is 13.4. The number of pyridine rings is 2. The van der Waals surface area contributed by atoms with Gasteiger partial charge in [0.05, 0.1) is 17.4 Å². The lowest BCUT2D eigenvalue weighted by Gasteiger charge is -2.38. The Hall–Kier alpha value is -2.63. The molecular weight excluding hydrogens is 338 g/mol. The first-order valence-electron chi connectivity index (χ1n) is 9.87. The normalized spacial score (nSPS) is 23.7. The summed E-state index contributed by atoms with van der Waals surface area (Å²) in [4.78, 5) is 29.0. The van der Waals surface area contributed by atoms with Crippen LogP contribution >= 0.6 is 0 Å². The molecule has 0 unspecified atom stereocenters. The average molecular weight is 363 g/mol. The number of rotatable bonds is 1. The monoisotopic (exact) mass is 363 g/mol. The summed E-state index contributed by atoms with van der Waals surface area (Å²) in [7, 11) is 0. The second-order valence-electron chi connectivity index (χ2n) is 8.11. The number of amides is 2. The van der Waals surface area contributed by atoms with Gasteiger partial charge in [0.25, 0.3) is 0 Å². The molecule has 0 N–H and O–H groups in total. The van der Waals surface area contributed by atoms with Crippen molar-refractivity contribution >= 4 is 17.5 Å². The fraction of sp³-hybridized carbons (Fsp3) is 0.476. The van der Waals surface area contributed by atoms with E-state index in [1.54, 1.807) is 0 Å². The molecule has 2 bridgehead atoms. The van der Waals surface area contributed by atoms with E-state index in [2.05, 4.69) is 28.9 Å². The van der Waals surface area contributed by atoms with Crippen LogP contribution in [0, 0.1) is 12.8 Å². The lowest BCUT2D eigenvalue weighted by Crippen LogP contribution is -2.51. The molecule has 27 heavy (non-hydrogen) atoms. The molecule has 6 nitrogen and oxygen atoms in total. The number of hydrogen-bond donors (Lipinski definition) is 0. The maximum absolute atomic E-state index is 13.4. The molecule has 0 aliphatic carbocycles. The summed E-state index contributed by atoms with van der Waals surface area (Å²) < 4.78 is 0. The molecule has 2 aromatic rings. The quantitative estimate of drug-likeness (QED) is 0.780. The minimum Gasteiger partial charge on any atom is -0.366 e. The van der Waals surface area contributed by atoms with Gasteiger partial charge in [0.2, 0.25) is 0 Å². The van der Waals surface area contributed by atoms with Crippen LogP contribution in [0.5, 0.6) is 0 Å². The fourth-order valence-electron chi connectivity index (χ4n) is 4.58. The zero-order valence-electron chi connectivity index (χ0n) is 15.9. The predicted octanol–water partition coefficient (Wildman–Crippen LogP) is 3.31. The first kappa shape index (κ1) is 16.5. The molecule has 2 aromatic heterocycles. The summed E-state index contributed by atoms with van der Waals surface area (Å²) in [6.07, 6.45) is 3.91. The highest BCUT2D eigenvalue weighted by Crippen LogP contribution is 2.41. The smallest absolute Gasteiger partial charge is 0.326 e. The van der Waals surface area contributed by atoms with Gasteiger partial charge in [0, 0.05) is 43.6 Å². The fourth-order valence-corrected chi connectivity index (χ4v) is 4.58. The number of likely N-dealkylation sites (tertiary alicyclic amines) is 1. The van der Waals surface area contributed by atoms with Gasteiger partial charge in [-0.1, -0.05) is 6.92 Å². The Balaban J connectivity index is 1.56. The zero-order chi connectivity index (χ0) is 18.5. The number of carbonyl (C=O) groups is 1. The van der Waals surface area contributed by atoms with E-state index in [0.717, 1.165) is 67.5 Å². The molecule has 5 rings (SSSR count). The Morgan fingerprint density at radius 2 is 2.04 bits per heavy atom. The van der Waals surface area contributed by atoms with Crippen molar-refractivity contribution in [3.63, 3.8) is 0 Å². The van der Waals surface area contributed by atoms with Crippen LogP contribution < -0.4 is 9.80 Å². The minimum atomic E-state index is 0.128. The van der Waals surface area contributed by atoms with Gasteiger partial charge in [-0.15, -0.1) is 0 Å². The third-order valence-electron chi connectivity index (χ3n) is 6.04. The van der Waals surface area contributed by atoms with Crippen LogP contribution in [-0.4, -0.2) is 53.1 Å². The molecule has 0 saturated carbocycles. The third kappa shape index (κ3) is 2.74. The summed E-state index contributed by atoms with van der Waals surface area (Å²) >= 11 is 0. The largest absolute Gasteiger partial charge is 0.366 e. The number of anilines is 2. The van der Waals surface area contributed by atoms with Crippen molar-refractivity contribution in [1.29, 1.82) is 0 Å². The lowest BCUT2D eigenvalue weighted by atomic mass is 10.1. The molecule has 0 spiro atoms. The molecule has 3 aliphatic rings. The standard InChI is InChI=1S/C21H25N5O/c1-14-6-9-25(12-14)21(27)26-17-7-10-24(13-17)19-4-3-18(23-20(19)26)16-5-8-22-15(2)11-16/h3-5,8,11,14,17H,6-7,9-10,12-13H2,1-2H3/t14-,17+/m1/s1.